The van der Waals surface area contributed by atoms with E-state index in [4.69, 9.17) is 0 Å². The molecule has 1 N–H and O–H groups in total. The smallest absolute Gasteiger partial charge is 0.266 e. The van der Waals surface area contributed by atoms with Gasteiger partial charge in [-0.2, -0.15) is 0 Å². The number of benzene rings is 1. The molecule has 2 aliphatic heterocycles. The van der Waals surface area contributed by atoms with Crippen LogP contribution in [0.5, 0.6) is 0 Å². The van der Waals surface area contributed by atoms with Gasteiger partial charge in [-0.25, -0.2) is 9.37 Å². The Morgan fingerprint density at radius 2 is 1.79 bits per heavy atom. The summed E-state index contributed by atoms with van der Waals surface area (Å²) in [6.45, 7) is 1.42. The van der Waals surface area contributed by atoms with Crippen LogP contribution in [0, 0.1) is 11.7 Å². The molecule has 2 atom stereocenters. The maximum atomic E-state index is 15.1. The van der Waals surface area contributed by atoms with E-state index in [1.54, 1.807) is 51.2 Å². The van der Waals surface area contributed by atoms with Gasteiger partial charge in [-0.05, 0) is 54.7 Å². The molecule has 2 aliphatic rings. The molecule has 0 radical (unpaired) electrons. The standard InChI is InChI=1S/C35H35FN6O4S/c1-39-15-9-26-31(39)38-22-42(33(26)44)21-35(46)11-17-40(18-12-35)32(43)25-10-16-41(20-27(25)23-5-3-2-4-6-23)34(45)30-28(36)19-29(47-30)24-7-13-37-14-8-24/h2-9,13-15,19,22,25,27,46H,10-12,16-18,20-21H2,1H3/t25-,27+/m1/s1. The fourth-order valence-electron chi connectivity index (χ4n) is 6.93. The number of carbonyl (C=O) groups excluding carboxylic acids is 2. The summed E-state index contributed by atoms with van der Waals surface area (Å²) in [5, 5.41) is 12.0. The molecule has 12 heteroatoms. The van der Waals surface area contributed by atoms with Crippen molar-refractivity contribution in [2.24, 2.45) is 13.0 Å². The Labute approximate surface area is 274 Å². The third-order valence-electron chi connectivity index (χ3n) is 9.61. The van der Waals surface area contributed by atoms with Crippen LogP contribution in [0.3, 0.4) is 0 Å². The lowest BCUT2D eigenvalue weighted by molar-refractivity contribution is -0.142. The van der Waals surface area contributed by atoms with Gasteiger partial charge >= 0.3 is 0 Å². The summed E-state index contributed by atoms with van der Waals surface area (Å²) < 4.78 is 18.3. The predicted octanol–water partition coefficient (Wildman–Crippen LogP) is 4.30. The minimum atomic E-state index is -1.15. The normalized spacial score (nSPS) is 19.6. The van der Waals surface area contributed by atoms with Gasteiger partial charge in [0, 0.05) is 68.5 Å². The van der Waals surface area contributed by atoms with Crippen molar-refractivity contribution in [3.05, 3.63) is 106 Å². The van der Waals surface area contributed by atoms with Crippen molar-refractivity contribution >= 4 is 34.2 Å². The van der Waals surface area contributed by atoms with Gasteiger partial charge in [0.15, 0.2) is 0 Å². The Hall–Kier alpha value is -4.68. The van der Waals surface area contributed by atoms with E-state index in [0.717, 1.165) is 22.5 Å². The van der Waals surface area contributed by atoms with Crippen molar-refractivity contribution in [2.45, 2.75) is 37.3 Å². The van der Waals surface area contributed by atoms with E-state index in [1.807, 2.05) is 37.4 Å². The van der Waals surface area contributed by atoms with Crippen molar-refractivity contribution in [2.75, 3.05) is 26.2 Å². The van der Waals surface area contributed by atoms with Gasteiger partial charge in [0.05, 0.1) is 17.5 Å². The SMILES string of the molecule is Cn1ccc2c(=O)n(CC3(O)CCN(C(=O)[C@@H]4CCN(C(=O)c5sc(-c6ccncc6)cc5F)C[C@H]4c4ccccc4)CC3)cnc21. The summed E-state index contributed by atoms with van der Waals surface area (Å²) in [6, 6.07) is 16.4. The molecule has 0 saturated carbocycles. The Bertz CT molecular complexity index is 1980. The minimum Gasteiger partial charge on any atom is -0.388 e. The first-order valence-corrected chi connectivity index (χ1v) is 16.6. The number of nitrogens with zero attached hydrogens (tertiary/aromatic N) is 6. The second kappa shape index (κ2) is 12.5. The third-order valence-corrected chi connectivity index (χ3v) is 10.8. The van der Waals surface area contributed by atoms with Crippen LogP contribution in [-0.2, 0) is 18.4 Å². The first-order chi connectivity index (χ1) is 22.7. The van der Waals surface area contributed by atoms with Crippen molar-refractivity contribution < 1.29 is 19.1 Å². The van der Waals surface area contributed by atoms with Crippen LogP contribution < -0.4 is 5.56 Å². The second-order valence-electron chi connectivity index (χ2n) is 12.6. The maximum absolute atomic E-state index is 15.1. The van der Waals surface area contributed by atoms with Crippen molar-refractivity contribution in [3.8, 4) is 10.4 Å². The summed E-state index contributed by atoms with van der Waals surface area (Å²) in [6.07, 6.45) is 7.60. The molecule has 242 valence electrons. The first-order valence-electron chi connectivity index (χ1n) is 15.8. The molecule has 0 aliphatic carbocycles. The number of halogens is 1. The molecule has 47 heavy (non-hydrogen) atoms. The Balaban J connectivity index is 1.05. The van der Waals surface area contributed by atoms with E-state index in [0.29, 0.717) is 54.8 Å². The lowest BCUT2D eigenvalue weighted by Crippen LogP contribution is -2.53. The van der Waals surface area contributed by atoms with Crippen molar-refractivity contribution in [1.29, 1.82) is 0 Å². The monoisotopic (exact) mass is 654 g/mol. The summed E-state index contributed by atoms with van der Waals surface area (Å²) in [4.78, 5) is 53.4. The van der Waals surface area contributed by atoms with Crippen LogP contribution in [0.15, 0.2) is 84.3 Å². The largest absolute Gasteiger partial charge is 0.388 e. The van der Waals surface area contributed by atoms with Crippen LogP contribution in [0.25, 0.3) is 21.5 Å². The molecular weight excluding hydrogens is 619 g/mol. The number of pyridine rings is 1. The Kier molecular flexibility index (Phi) is 8.23. The topological polar surface area (TPSA) is 114 Å². The van der Waals surface area contributed by atoms with Crippen LogP contribution >= 0.6 is 11.3 Å². The van der Waals surface area contributed by atoms with Gasteiger partial charge < -0.3 is 19.5 Å². The highest BCUT2D eigenvalue weighted by Gasteiger charge is 2.42. The number of piperidine rings is 2. The Morgan fingerprint density at radius 1 is 1.04 bits per heavy atom. The van der Waals surface area contributed by atoms with Crippen LogP contribution in [0.4, 0.5) is 4.39 Å². The van der Waals surface area contributed by atoms with E-state index in [2.05, 4.69) is 9.97 Å². The number of fused-ring (bicyclic) bond motifs is 1. The molecule has 0 unspecified atom stereocenters. The summed E-state index contributed by atoms with van der Waals surface area (Å²) in [5.41, 5.74) is 0.979. The molecule has 4 aromatic heterocycles. The van der Waals surface area contributed by atoms with Gasteiger partial charge in [0.2, 0.25) is 5.91 Å². The maximum Gasteiger partial charge on any atom is 0.266 e. The van der Waals surface area contributed by atoms with E-state index < -0.39 is 11.4 Å². The zero-order valence-electron chi connectivity index (χ0n) is 26.0. The summed E-state index contributed by atoms with van der Waals surface area (Å²) >= 11 is 1.12. The van der Waals surface area contributed by atoms with Gasteiger partial charge in [-0.1, -0.05) is 30.3 Å². The number of rotatable bonds is 6. The fourth-order valence-corrected chi connectivity index (χ4v) is 7.94. The van der Waals surface area contributed by atoms with Crippen LogP contribution in [0.1, 0.15) is 40.4 Å². The average Bonchev–Trinajstić information content (AvgIpc) is 3.68. The average molecular weight is 655 g/mol. The molecule has 6 heterocycles. The number of hydrogen-bond donors (Lipinski definition) is 1. The second-order valence-corrected chi connectivity index (χ2v) is 13.6. The van der Waals surface area contributed by atoms with Crippen molar-refractivity contribution in [3.63, 3.8) is 0 Å². The quantitative estimate of drug-likeness (QED) is 0.292. The zero-order valence-corrected chi connectivity index (χ0v) is 26.8. The zero-order chi connectivity index (χ0) is 32.7. The third kappa shape index (κ3) is 5.98. The molecule has 2 amide bonds. The summed E-state index contributed by atoms with van der Waals surface area (Å²) in [7, 11) is 1.83. The van der Waals surface area contributed by atoms with E-state index in [9.17, 15) is 19.5 Å². The van der Waals surface area contributed by atoms with E-state index in [-0.39, 0.29) is 47.2 Å². The number of amides is 2. The molecule has 10 nitrogen and oxygen atoms in total. The molecule has 5 aromatic rings. The lowest BCUT2D eigenvalue weighted by Gasteiger charge is -2.43. The van der Waals surface area contributed by atoms with Gasteiger partial charge in [-0.15, -0.1) is 11.3 Å². The molecule has 0 spiro atoms. The van der Waals surface area contributed by atoms with Gasteiger partial charge in [0.1, 0.15) is 22.7 Å². The van der Waals surface area contributed by atoms with Crippen molar-refractivity contribution in [1.82, 2.24) is 28.9 Å². The molecule has 2 saturated heterocycles. The number of thiophene rings is 1. The number of hydrogen-bond acceptors (Lipinski definition) is 7. The number of aryl methyl sites for hydroxylation is 1. The molecule has 2 fully saturated rings. The number of aromatic nitrogens is 4. The lowest BCUT2D eigenvalue weighted by atomic mass is 9.79. The van der Waals surface area contributed by atoms with Gasteiger partial charge in [-0.3, -0.25) is 23.9 Å². The highest BCUT2D eigenvalue weighted by Crippen LogP contribution is 2.38. The number of carbonyl (C=O) groups is 2. The fraction of sp³-hybridized carbons (Fsp3) is 0.343. The molecule has 0 bridgehead atoms. The van der Waals surface area contributed by atoms with Gasteiger partial charge in [0.25, 0.3) is 11.5 Å². The number of likely N-dealkylation sites (tertiary alicyclic amines) is 2. The van der Waals surface area contributed by atoms with Crippen LogP contribution in [0.2, 0.25) is 0 Å². The Morgan fingerprint density at radius 3 is 2.53 bits per heavy atom. The minimum absolute atomic E-state index is 0.0141. The highest BCUT2D eigenvalue weighted by atomic mass is 32.1. The molecule has 1 aromatic carbocycles. The molecule has 7 rings (SSSR count). The van der Waals surface area contributed by atoms with E-state index >= 15 is 4.39 Å². The predicted molar refractivity (Wildman–Crippen MR) is 176 cm³/mol. The first kappa shape index (κ1) is 30.9. The molecular formula is C35H35FN6O4S. The van der Waals surface area contributed by atoms with E-state index in [1.165, 1.54) is 17.0 Å². The number of aliphatic hydroxyl groups is 1. The highest BCUT2D eigenvalue weighted by molar-refractivity contribution is 7.17. The summed E-state index contributed by atoms with van der Waals surface area (Å²) in [5.74, 6) is -1.59. The van der Waals surface area contributed by atoms with Crippen LogP contribution in [-0.4, -0.2) is 77.6 Å².